The van der Waals surface area contributed by atoms with Crippen LogP contribution < -0.4 is 5.32 Å². The summed E-state index contributed by atoms with van der Waals surface area (Å²) in [6.45, 7) is 3.45. The molecule has 1 amide bonds. The van der Waals surface area contributed by atoms with Crippen LogP contribution in [0.1, 0.15) is 258 Å². The third-order valence-corrected chi connectivity index (χ3v) is 13.6. The van der Waals surface area contributed by atoms with Crippen molar-refractivity contribution in [1.82, 2.24) is 5.32 Å². The van der Waals surface area contributed by atoms with Crippen molar-refractivity contribution in [3.05, 3.63) is 12.2 Å². The van der Waals surface area contributed by atoms with Crippen molar-refractivity contribution in [2.24, 2.45) is 0 Å². The topological polar surface area (TPSA) is 189 Å². The van der Waals surface area contributed by atoms with E-state index >= 15 is 0 Å². The van der Waals surface area contributed by atoms with Crippen LogP contribution in [-0.4, -0.2) is 110 Å². The Morgan fingerprint density at radius 2 is 0.892 bits per heavy atom. The van der Waals surface area contributed by atoms with E-state index in [1.165, 1.54) is 180 Å². The molecule has 1 fully saturated rings. The summed E-state index contributed by atoms with van der Waals surface area (Å²) in [7, 11) is 0. The number of aliphatic hydroxyl groups excluding tert-OH is 7. The lowest BCUT2D eigenvalue weighted by molar-refractivity contribution is -0.303. The van der Waals surface area contributed by atoms with Crippen LogP contribution >= 0.6 is 0 Å². The fourth-order valence-electron chi connectivity index (χ4n) is 9.03. The minimum Gasteiger partial charge on any atom is -0.394 e. The van der Waals surface area contributed by atoms with E-state index in [1.807, 2.05) is 0 Å². The third kappa shape index (κ3) is 33.1. The Labute approximate surface area is 398 Å². The Kier molecular flexibility index (Phi) is 42.0. The standard InChI is InChI=1S/C54H105NO10/c1-3-5-7-9-11-13-15-17-18-19-20-21-22-23-24-25-26-27-28-29-30-32-33-35-37-39-41-46(57)49(59)45(44-64-54-52(62)51(61)50(60)48(43-56)65-54)55-53(63)47(58)42-40-38-36-34-31-16-14-12-10-8-6-4-2/h31,34,45-52,54,56-62H,3-30,32-33,35-44H2,1-2H3,(H,55,63)/b34-31-. The van der Waals surface area contributed by atoms with Gasteiger partial charge in [0, 0.05) is 0 Å². The molecule has 0 aromatic heterocycles. The van der Waals surface area contributed by atoms with E-state index < -0.39 is 74.2 Å². The predicted molar refractivity (Wildman–Crippen MR) is 266 cm³/mol. The van der Waals surface area contributed by atoms with Crippen LogP contribution in [0.5, 0.6) is 0 Å². The highest BCUT2D eigenvalue weighted by atomic mass is 16.7. The molecule has 0 aromatic carbocycles. The summed E-state index contributed by atoms with van der Waals surface area (Å²) in [5, 5.41) is 75.9. The highest BCUT2D eigenvalue weighted by Crippen LogP contribution is 2.23. The van der Waals surface area contributed by atoms with Crippen molar-refractivity contribution in [3.63, 3.8) is 0 Å². The van der Waals surface area contributed by atoms with Gasteiger partial charge in [0.1, 0.15) is 36.6 Å². The van der Waals surface area contributed by atoms with E-state index in [0.29, 0.717) is 19.3 Å². The second-order valence-electron chi connectivity index (χ2n) is 19.7. The van der Waals surface area contributed by atoms with E-state index in [2.05, 4.69) is 31.3 Å². The van der Waals surface area contributed by atoms with Crippen LogP contribution in [0.3, 0.4) is 0 Å². The molecular weight excluding hydrogens is 823 g/mol. The largest absolute Gasteiger partial charge is 0.394 e. The quantitative estimate of drug-likeness (QED) is 0.0215. The van der Waals surface area contributed by atoms with Gasteiger partial charge in [-0.15, -0.1) is 0 Å². The molecule has 9 atom stereocenters. The molecule has 11 nitrogen and oxygen atoms in total. The van der Waals surface area contributed by atoms with E-state index in [0.717, 1.165) is 38.5 Å². The smallest absolute Gasteiger partial charge is 0.249 e. The molecule has 8 N–H and O–H groups in total. The van der Waals surface area contributed by atoms with Crippen molar-refractivity contribution in [2.75, 3.05) is 13.2 Å². The molecule has 0 spiro atoms. The van der Waals surface area contributed by atoms with Crippen LogP contribution in [0.2, 0.25) is 0 Å². The SMILES string of the molecule is CCCCCCCC/C=C\CCCCC(O)C(=O)NC(COC1OC(CO)C(O)C(O)C1O)C(O)C(O)CCCCCCCCCCCCCCCCCCCCCCCCCCCC. The van der Waals surface area contributed by atoms with Gasteiger partial charge in [0.05, 0.1) is 25.4 Å². The molecule has 9 unspecified atom stereocenters. The van der Waals surface area contributed by atoms with Gasteiger partial charge < -0.3 is 50.5 Å². The lowest BCUT2D eigenvalue weighted by atomic mass is 9.98. The lowest BCUT2D eigenvalue weighted by Gasteiger charge is -2.40. The molecular formula is C54H105NO10. The molecule has 0 aliphatic carbocycles. The second-order valence-corrected chi connectivity index (χ2v) is 19.7. The number of rotatable bonds is 47. The molecule has 1 saturated heterocycles. The van der Waals surface area contributed by atoms with Gasteiger partial charge in [-0.3, -0.25) is 4.79 Å². The molecule has 65 heavy (non-hydrogen) atoms. The van der Waals surface area contributed by atoms with Crippen LogP contribution in [-0.2, 0) is 14.3 Å². The number of allylic oxidation sites excluding steroid dienone is 2. The Bertz CT molecular complexity index is 1060. The summed E-state index contributed by atoms with van der Waals surface area (Å²) >= 11 is 0. The van der Waals surface area contributed by atoms with E-state index in [-0.39, 0.29) is 6.42 Å². The molecule has 11 heteroatoms. The van der Waals surface area contributed by atoms with Crippen molar-refractivity contribution in [2.45, 2.75) is 313 Å². The fourth-order valence-corrected chi connectivity index (χ4v) is 9.03. The second kappa shape index (κ2) is 44.1. The normalized spacial score (nSPS) is 20.9. The first kappa shape index (κ1) is 61.9. The molecule has 0 saturated carbocycles. The first-order valence-electron chi connectivity index (χ1n) is 27.6. The predicted octanol–water partition coefficient (Wildman–Crippen LogP) is 10.8. The summed E-state index contributed by atoms with van der Waals surface area (Å²) in [5.41, 5.74) is 0. The maximum absolute atomic E-state index is 13.1. The summed E-state index contributed by atoms with van der Waals surface area (Å²) in [6.07, 6.45) is 38.5. The van der Waals surface area contributed by atoms with Gasteiger partial charge in [0.2, 0.25) is 5.91 Å². The number of hydrogen-bond acceptors (Lipinski definition) is 10. The number of carbonyl (C=O) groups excluding carboxylic acids is 1. The highest BCUT2D eigenvalue weighted by molar-refractivity contribution is 5.80. The number of unbranched alkanes of at least 4 members (excludes halogenated alkanes) is 33. The molecule has 1 heterocycles. The van der Waals surface area contributed by atoms with Gasteiger partial charge in [-0.1, -0.05) is 231 Å². The molecule has 0 radical (unpaired) electrons. The lowest BCUT2D eigenvalue weighted by Crippen LogP contribution is -2.60. The third-order valence-electron chi connectivity index (χ3n) is 13.6. The zero-order chi connectivity index (χ0) is 47.6. The van der Waals surface area contributed by atoms with Crippen LogP contribution in [0.4, 0.5) is 0 Å². The van der Waals surface area contributed by atoms with Gasteiger partial charge in [-0.25, -0.2) is 0 Å². The maximum Gasteiger partial charge on any atom is 0.249 e. The average molecular weight is 928 g/mol. The molecule has 386 valence electrons. The average Bonchev–Trinajstić information content (AvgIpc) is 3.31. The number of aliphatic hydroxyl groups is 7. The summed E-state index contributed by atoms with van der Waals surface area (Å²) in [6, 6.07) is -1.17. The summed E-state index contributed by atoms with van der Waals surface area (Å²) in [5.74, 6) is -0.711. The van der Waals surface area contributed by atoms with Crippen molar-refractivity contribution < 1.29 is 50.0 Å². The van der Waals surface area contributed by atoms with Crippen LogP contribution in [0, 0.1) is 0 Å². The Balaban J connectivity index is 2.28. The Morgan fingerprint density at radius 3 is 1.31 bits per heavy atom. The molecule has 1 rings (SSSR count). The molecule has 1 aliphatic rings. The minimum absolute atomic E-state index is 0.232. The van der Waals surface area contributed by atoms with Gasteiger partial charge >= 0.3 is 0 Å². The summed E-state index contributed by atoms with van der Waals surface area (Å²) in [4.78, 5) is 13.1. The number of amides is 1. The van der Waals surface area contributed by atoms with Crippen LogP contribution in [0.25, 0.3) is 0 Å². The number of ether oxygens (including phenoxy) is 2. The van der Waals surface area contributed by atoms with Crippen molar-refractivity contribution in [3.8, 4) is 0 Å². The maximum atomic E-state index is 13.1. The van der Waals surface area contributed by atoms with E-state index in [1.54, 1.807) is 0 Å². The molecule has 0 bridgehead atoms. The zero-order valence-electron chi connectivity index (χ0n) is 42.0. The Morgan fingerprint density at radius 1 is 0.523 bits per heavy atom. The Hall–Kier alpha value is -1.15. The molecule has 0 aromatic rings. The van der Waals surface area contributed by atoms with Crippen LogP contribution in [0.15, 0.2) is 12.2 Å². The fraction of sp³-hybridized carbons (Fsp3) is 0.944. The van der Waals surface area contributed by atoms with E-state index in [9.17, 15) is 40.5 Å². The number of nitrogens with one attached hydrogen (secondary N) is 1. The number of hydrogen-bond donors (Lipinski definition) is 8. The van der Waals surface area contributed by atoms with Gasteiger partial charge in [0.25, 0.3) is 0 Å². The zero-order valence-corrected chi connectivity index (χ0v) is 42.0. The first-order chi connectivity index (χ1) is 31.7. The van der Waals surface area contributed by atoms with Crippen molar-refractivity contribution in [1.29, 1.82) is 0 Å². The molecule has 1 aliphatic heterocycles. The van der Waals surface area contributed by atoms with Gasteiger partial charge in [0.15, 0.2) is 6.29 Å². The first-order valence-corrected chi connectivity index (χ1v) is 27.6. The summed E-state index contributed by atoms with van der Waals surface area (Å²) < 4.78 is 11.1. The van der Waals surface area contributed by atoms with E-state index in [4.69, 9.17) is 9.47 Å². The van der Waals surface area contributed by atoms with Gasteiger partial charge in [-0.05, 0) is 38.5 Å². The minimum atomic E-state index is -1.66. The van der Waals surface area contributed by atoms with Crippen molar-refractivity contribution >= 4 is 5.91 Å². The monoisotopic (exact) mass is 928 g/mol. The van der Waals surface area contributed by atoms with Gasteiger partial charge in [-0.2, -0.15) is 0 Å². The highest BCUT2D eigenvalue weighted by Gasteiger charge is 2.44. The number of carbonyl (C=O) groups is 1.